The van der Waals surface area contributed by atoms with Crippen molar-refractivity contribution in [3.63, 3.8) is 0 Å². The normalized spacial score (nSPS) is 12.1. The molecule has 282 valence electrons. The van der Waals surface area contributed by atoms with E-state index in [0.29, 0.717) is 66.8 Å². The van der Waals surface area contributed by atoms with Gasteiger partial charge in [-0.3, -0.25) is 0 Å². The van der Waals surface area contributed by atoms with E-state index in [9.17, 15) is 0 Å². The van der Waals surface area contributed by atoms with E-state index >= 15 is 0 Å². The van der Waals surface area contributed by atoms with E-state index in [0.717, 1.165) is 48.3 Å². The lowest BCUT2D eigenvalue weighted by Crippen LogP contribution is -2.25. The molecule has 0 heterocycles. The molecule has 0 fully saturated rings. The summed E-state index contributed by atoms with van der Waals surface area (Å²) >= 11 is 0. The predicted molar refractivity (Wildman–Crippen MR) is 201 cm³/mol. The number of benzene rings is 4. The molecule has 0 aliphatic carbocycles. The summed E-state index contributed by atoms with van der Waals surface area (Å²) in [4.78, 5) is 0. The maximum Gasteiger partial charge on any atom is 0.203 e. The summed E-state index contributed by atoms with van der Waals surface area (Å²) < 4.78 is 56.8. The third kappa shape index (κ3) is 11.1. The first-order chi connectivity index (χ1) is 25.4. The number of hydrogen-bond acceptors (Lipinski definition) is 10. The van der Waals surface area contributed by atoms with Crippen LogP contribution in [-0.2, 0) is 35.5 Å². The van der Waals surface area contributed by atoms with Gasteiger partial charge in [-0.15, -0.1) is 0 Å². The molecule has 0 saturated heterocycles. The molecule has 0 radical (unpaired) electrons. The number of hydrogen-bond donors (Lipinski definition) is 0. The minimum atomic E-state index is 0.202. The van der Waals surface area contributed by atoms with Gasteiger partial charge in [-0.2, -0.15) is 0 Å². The molecule has 4 rings (SSSR count). The zero-order valence-corrected chi connectivity index (χ0v) is 31.8. The van der Waals surface area contributed by atoms with Gasteiger partial charge in [0.1, 0.15) is 11.5 Å². The van der Waals surface area contributed by atoms with Gasteiger partial charge in [0.05, 0.1) is 76.7 Å². The van der Waals surface area contributed by atoms with E-state index < -0.39 is 0 Å². The van der Waals surface area contributed by atoms with Crippen LogP contribution in [-0.4, -0.2) is 70.1 Å². The Morgan fingerprint density at radius 2 is 0.827 bits per heavy atom. The summed E-state index contributed by atoms with van der Waals surface area (Å²) in [5.41, 5.74) is 4.35. The van der Waals surface area contributed by atoms with Crippen molar-refractivity contribution in [2.24, 2.45) is 11.8 Å². The van der Waals surface area contributed by atoms with Crippen LogP contribution in [0.2, 0.25) is 0 Å². The van der Waals surface area contributed by atoms with E-state index in [1.54, 1.807) is 56.9 Å². The van der Waals surface area contributed by atoms with Crippen molar-refractivity contribution >= 4 is 0 Å². The zero-order chi connectivity index (χ0) is 37.3. The minimum Gasteiger partial charge on any atom is -0.497 e. The molecule has 0 amide bonds. The van der Waals surface area contributed by atoms with Crippen molar-refractivity contribution in [3.8, 4) is 46.0 Å². The molecular formula is C42H54O10. The highest BCUT2D eigenvalue weighted by Crippen LogP contribution is 2.39. The Labute approximate surface area is 308 Å². The topological polar surface area (TPSA) is 92.3 Å². The molecule has 0 aliphatic heterocycles. The highest BCUT2D eigenvalue weighted by atomic mass is 16.5. The van der Waals surface area contributed by atoms with Gasteiger partial charge >= 0.3 is 0 Å². The molecule has 0 spiro atoms. The Bertz CT molecular complexity index is 1590. The Balaban J connectivity index is 1.52. The summed E-state index contributed by atoms with van der Waals surface area (Å²) in [6, 6.07) is 24.3. The summed E-state index contributed by atoms with van der Waals surface area (Å²) in [7, 11) is 13.0. The van der Waals surface area contributed by atoms with Gasteiger partial charge in [0, 0.05) is 6.61 Å². The molecule has 2 atom stereocenters. The van der Waals surface area contributed by atoms with Gasteiger partial charge in [0.15, 0.2) is 23.0 Å². The van der Waals surface area contributed by atoms with Crippen LogP contribution in [0.15, 0.2) is 72.8 Å². The fraction of sp³-hybridized carbons (Fsp3) is 0.429. The quantitative estimate of drug-likeness (QED) is 0.0703. The molecule has 0 N–H and O–H groups in total. The van der Waals surface area contributed by atoms with Crippen molar-refractivity contribution in [1.82, 2.24) is 0 Å². The summed E-state index contributed by atoms with van der Waals surface area (Å²) in [5, 5.41) is 0. The standard InChI is InChI=1S/C42H54O10/c1-43-35-15-11-29(12-16-35)20-33(10-9-19-51-26-31-22-37(45-3)41(49-7)38(23-31)46-4)34(21-30-13-17-36(44-2)18-14-30)28-52-27-32-24-39(47-5)42(50-8)40(25-32)48-6/h11-18,22-25,33-34H,9-10,19-21,26-28H2,1-8H3/t33-,34+/m0/s1. The second-order valence-electron chi connectivity index (χ2n) is 12.4. The lowest BCUT2D eigenvalue weighted by molar-refractivity contribution is 0.0578. The van der Waals surface area contributed by atoms with E-state index in [2.05, 4.69) is 24.3 Å². The Hall–Kier alpha value is -4.80. The fourth-order valence-electron chi connectivity index (χ4n) is 6.40. The largest absolute Gasteiger partial charge is 0.497 e. The summed E-state index contributed by atoms with van der Waals surface area (Å²) in [6.45, 7) is 1.96. The third-order valence-electron chi connectivity index (χ3n) is 9.16. The lowest BCUT2D eigenvalue weighted by Gasteiger charge is -2.28. The van der Waals surface area contributed by atoms with Crippen LogP contribution >= 0.6 is 0 Å². The van der Waals surface area contributed by atoms with Crippen LogP contribution in [0.5, 0.6) is 46.0 Å². The zero-order valence-electron chi connectivity index (χ0n) is 31.8. The van der Waals surface area contributed by atoms with E-state index in [-0.39, 0.29) is 5.92 Å². The second-order valence-corrected chi connectivity index (χ2v) is 12.4. The number of ether oxygens (including phenoxy) is 10. The first kappa shape index (κ1) is 40.0. The van der Waals surface area contributed by atoms with Gasteiger partial charge in [0.2, 0.25) is 11.5 Å². The van der Waals surface area contributed by atoms with Crippen LogP contribution in [0, 0.1) is 11.8 Å². The molecule has 4 aromatic carbocycles. The van der Waals surface area contributed by atoms with Crippen molar-refractivity contribution in [2.45, 2.75) is 38.9 Å². The Morgan fingerprint density at radius 1 is 0.423 bits per heavy atom. The van der Waals surface area contributed by atoms with E-state index in [1.807, 2.05) is 48.5 Å². The third-order valence-corrected chi connectivity index (χ3v) is 9.16. The molecule has 10 heteroatoms. The lowest BCUT2D eigenvalue weighted by atomic mass is 9.80. The molecule has 0 unspecified atom stereocenters. The minimum absolute atomic E-state index is 0.202. The van der Waals surface area contributed by atoms with Crippen molar-refractivity contribution in [2.75, 3.05) is 70.1 Å². The van der Waals surface area contributed by atoms with E-state index in [4.69, 9.17) is 47.4 Å². The fourth-order valence-corrected chi connectivity index (χ4v) is 6.40. The smallest absolute Gasteiger partial charge is 0.203 e. The maximum atomic E-state index is 6.51. The van der Waals surface area contributed by atoms with Crippen molar-refractivity contribution < 1.29 is 47.4 Å². The molecule has 0 aromatic heterocycles. The average Bonchev–Trinajstić information content (AvgIpc) is 3.19. The monoisotopic (exact) mass is 718 g/mol. The van der Waals surface area contributed by atoms with Crippen LogP contribution in [0.25, 0.3) is 0 Å². The molecule has 52 heavy (non-hydrogen) atoms. The van der Waals surface area contributed by atoms with Gasteiger partial charge < -0.3 is 47.4 Å². The van der Waals surface area contributed by atoms with E-state index in [1.165, 1.54) is 11.1 Å². The summed E-state index contributed by atoms with van der Waals surface area (Å²) in [6.07, 6.45) is 3.53. The second kappa shape index (κ2) is 20.9. The SMILES string of the molecule is COc1ccc(C[C@H](CCCOCc2cc(OC)c(OC)c(OC)c2)[C@@H](COCc2cc(OC)c(OC)c(OC)c2)Cc2ccc(OC)cc2)cc1. The van der Waals surface area contributed by atoms with Crippen LogP contribution in [0.3, 0.4) is 0 Å². The Kier molecular flexibility index (Phi) is 16.1. The maximum absolute atomic E-state index is 6.51. The van der Waals surface area contributed by atoms with Gasteiger partial charge in [-0.1, -0.05) is 24.3 Å². The molecule has 10 nitrogen and oxygen atoms in total. The highest BCUT2D eigenvalue weighted by Gasteiger charge is 2.24. The molecule has 0 saturated carbocycles. The van der Waals surface area contributed by atoms with Crippen LogP contribution in [0.4, 0.5) is 0 Å². The number of methoxy groups -OCH3 is 8. The van der Waals surface area contributed by atoms with Crippen molar-refractivity contribution in [3.05, 3.63) is 95.1 Å². The molecular weight excluding hydrogens is 664 g/mol. The van der Waals surface area contributed by atoms with Gasteiger partial charge in [-0.25, -0.2) is 0 Å². The molecule has 0 bridgehead atoms. The first-order valence-corrected chi connectivity index (χ1v) is 17.4. The van der Waals surface area contributed by atoms with Crippen LogP contribution in [0.1, 0.15) is 35.1 Å². The van der Waals surface area contributed by atoms with Gasteiger partial charge in [0.25, 0.3) is 0 Å². The summed E-state index contributed by atoms with van der Waals surface area (Å²) in [5.74, 6) is 5.68. The Morgan fingerprint density at radius 3 is 1.21 bits per heavy atom. The predicted octanol–water partition coefficient (Wildman–Crippen LogP) is 7.99. The highest BCUT2D eigenvalue weighted by molar-refractivity contribution is 5.54. The average molecular weight is 719 g/mol. The first-order valence-electron chi connectivity index (χ1n) is 17.4. The van der Waals surface area contributed by atoms with Crippen LogP contribution < -0.4 is 37.9 Å². The molecule has 0 aliphatic rings. The van der Waals surface area contributed by atoms with Gasteiger partial charge in [-0.05, 0) is 108 Å². The number of rotatable bonds is 23. The van der Waals surface area contributed by atoms with Crippen molar-refractivity contribution in [1.29, 1.82) is 0 Å². The molecule has 4 aromatic rings.